The molecule has 2 atom stereocenters. The van der Waals surface area contributed by atoms with E-state index < -0.39 is 23.0 Å². The SMILES string of the molecule is CC(C)(c1ccc(Cl)cc1)C(Oc1ccccc1)C(=O)C(Oc1ccccc1)C(C)(C)c1ccc(Cl)cc1. The smallest absolute Gasteiger partial charge is 0.215 e. The van der Waals surface area contributed by atoms with Gasteiger partial charge in [-0.1, -0.05) is 112 Å². The molecule has 4 rings (SSSR count). The zero-order valence-corrected chi connectivity index (χ0v) is 23.5. The van der Waals surface area contributed by atoms with E-state index in [4.69, 9.17) is 32.7 Å². The van der Waals surface area contributed by atoms with Crippen molar-refractivity contribution in [1.82, 2.24) is 0 Å². The summed E-state index contributed by atoms with van der Waals surface area (Å²) in [4.78, 5) is 14.7. The van der Waals surface area contributed by atoms with E-state index in [-0.39, 0.29) is 5.78 Å². The van der Waals surface area contributed by atoms with Crippen molar-refractivity contribution < 1.29 is 14.3 Å². The quantitative estimate of drug-likeness (QED) is 0.199. The van der Waals surface area contributed by atoms with Crippen LogP contribution in [0.3, 0.4) is 0 Å². The minimum atomic E-state index is -0.869. The maximum Gasteiger partial charge on any atom is 0.215 e. The molecule has 0 aliphatic heterocycles. The second kappa shape index (κ2) is 11.6. The lowest BCUT2D eigenvalue weighted by molar-refractivity contribution is -0.138. The molecule has 0 aliphatic carbocycles. The van der Waals surface area contributed by atoms with Crippen molar-refractivity contribution >= 4 is 29.0 Å². The van der Waals surface area contributed by atoms with Crippen LogP contribution in [0.2, 0.25) is 10.0 Å². The fraction of sp³-hybridized carbons (Fsp3) is 0.242. The van der Waals surface area contributed by atoms with Gasteiger partial charge in [0.25, 0.3) is 0 Å². The van der Waals surface area contributed by atoms with E-state index in [2.05, 4.69) is 0 Å². The normalized spacial score (nSPS) is 13.4. The van der Waals surface area contributed by atoms with Crippen LogP contribution in [0.4, 0.5) is 0 Å². The van der Waals surface area contributed by atoms with Crippen LogP contribution in [0.1, 0.15) is 38.8 Å². The fourth-order valence-electron chi connectivity index (χ4n) is 4.59. The summed E-state index contributed by atoms with van der Waals surface area (Å²) < 4.78 is 13.0. The van der Waals surface area contributed by atoms with E-state index in [0.29, 0.717) is 21.5 Å². The van der Waals surface area contributed by atoms with Crippen LogP contribution in [0.5, 0.6) is 11.5 Å². The predicted molar refractivity (Wildman–Crippen MR) is 156 cm³/mol. The van der Waals surface area contributed by atoms with Crippen LogP contribution in [0.15, 0.2) is 109 Å². The number of ketones is 1. The first-order valence-electron chi connectivity index (χ1n) is 12.6. The third-order valence-corrected chi connectivity index (χ3v) is 7.50. The van der Waals surface area contributed by atoms with E-state index in [0.717, 1.165) is 11.1 Å². The molecule has 0 fully saturated rings. The molecule has 0 N–H and O–H groups in total. The zero-order valence-electron chi connectivity index (χ0n) is 22.0. The Morgan fingerprint density at radius 1 is 0.553 bits per heavy atom. The molecule has 0 amide bonds. The van der Waals surface area contributed by atoms with Crippen molar-refractivity contribution in [2.75, 3.05) is 0 Å². The maximum atomic E-state index is 14.7. The van der Waals surface area contributed by atoms with E-state index in [1.807, 2.05) is 137 Å². The number of hydrogen-bond acceptors (Lipinski definition) is 3. The van der Waals surface area contributed by atoms with Crippen molar-refractivity contribution in [2.45, 2.75) is 50.7 Å². The molecule has 5 heteroatoms. The van der Waals surface area contributed by atoms with Crippen molar-refractivity contribution in [1.29, 1.82) is 0 Å². The molecule has 3 nitrogen and oxygen atoms in total. The van der Waals surface area contributed by atoms with Gasteiger partial charge in [-0.3, -0.25) is 4.79 Å². The van der Waals surface area contributed by atoms with Gasteiger partial charge in [-0.25, -0.2) is 0 Å². The van der Waals surface area contributed by atoms with Gasteiger partial charge in [0.1, 0.15) is 11.5 Å². The molecule has 0 heterocycles. The van der Waals surface area contributed by atoms with Gasteiger partial charge in [0.05, 0.1) is 0 Å². The van der Waals surface area contributed by atoms with Gasteiger partial charge < -0.3 is 9.47 Å². The molecule has 0 saturated carbocycles. The van der Waals surface area contributed by atoms with Crippen LogP contribution >= 0.6 is 23.2 Å². The van der Waals surface area contributed by atoms with Crippen molar-refractivity contribution in [3.8, 4) is 11.5 Å². The molecular formula is C33H32Cl2O3. The van der Waals surface area contributed by atoms with Crippen LogP contribution < -0.4 is 9.47 Å². The molecule has 0 spiro atoms. The third-order valence-electron chi connectivity index (χ3n) is 7.00. The topological polar surface area (TPSA) is 35.5 Å². The van der Waals surface area contributed by atoms with Crippen molar-refractivity contribution in [3.63, 3.8) is 0 Å². The largest absolute Gasteiger partial charge is 0.482 e. The average Bonchev–Trinajstić information content (AvgIpc) is 2.91. The van der Waals surface area contributed by atoms with Gasteiger partial charge in [0.15, 0.2) is 12.2 Å². The molecule has 0 bridgehead atoms. The first-order chi connectivity index (χ1) is 18.1. The second-order valence-electron chi connectivity index (χ2n) is 10.5. The number of hydrogen-bond donors (Lipinski definition) is 0. The highest BCUT2D eigenvalue weighted by atomic mass is 35.5. The Labute approximate surface area is 235 Å². The maximum absolute atomic E-state index is 14.7. The monoisotopic (exact) mass is 546 g/mol. The van der Waals surface area contributed by atoms with Crippen molar-refractivity contribution in [2.24, 2.45) is 0 Å². The Morgan fingerprint density at radius 3 is 1.18 bits per heavy atom. The minimum absolute atomic E-state index is 0.169. The number of rotatable bonds is 10. The number of benzene rings is 4. The fourth-order valence-corrected chi connectivity index (χ4v) is 4.84. The molecule has 4 aromatic rings. The van der Waals surface area contributed by atoms with Gasteiger partial charge in [-0.05, 0) is 59.7 Å². The van der Waals surface area contributed by atoms with E-state index in [1.54, 1.807) is 0 Å². The van der Waals surface area contributed by atoms with Gasteiger partial charge in [-0.2, -0.15) is 0 Å². The van der Waals surface area contributed by atoms with E-state index in [1.165, 1.54) is 0 Å². The molecule has 38 heavy (non-hydrogen) atoms. The molecule has 196 valence electrons. The minimum Gasteiger partial charge on any atom is -0.482 e. The Hall–Kier alpha value is -3.27. The van der Waals surface area contributed by atoms with Gasteiger partial charge in [0.2, 0.25) is 5.78 Å². The van der Waals surface area contributed by atoms with Crippen molar-refractivity contribution in [3.05, 3.63) is 130 Å². The molecule has 4 aromatic carbocycles. The Morgan fingerprint density at radius 2 is 0.868 bits per heavy atom. The summed E-state index contributed by atoms with van der Waals surface area (Å²) in [6, 6.07) is 33.9. The molecular weight excluding hydrogens is 515 g/mol. The van der Waals surface area contributed by atoms with Crippen LogP contribution in [-0.2, 0) is 15.6 Å². The highest BCUT2D eigenvalue weighted by Crippen LogP contribution is 2.38. The summed E-state index contributed by atoms with van der Waals surface area (Å²) in [6.07, 6.45) is -1.74. The first-order valence-corrected chi connectivity index (χ1v) is 13.3. The molecule has 0 aliphatic rings. The third kappa shape index (κ3) is 6.23. The van der Waals surface area contributed by atoms with E-state index >= 15 is 0 Å². The van der Waals surface area contributed by atoms with Crippen LogP contribution in [0.25, 0.3) is 0 Å². The highest BCUT2D eigenvalue weighted by Gasteiger charge is 2.48. The average molecular weight is 548 g/mol. The summed E-state index contributed by atoms with van der Waals surface area (Å²) in [5.41, 5.74) is 0.426. The highest BCUT2D eigenvalue weighted by molar-refractivity contribution is 6.30. The predicted octanol–water partition coefficient (Wildman–Crippen LogP) is 8.71. The molecule has 2 unspecified atom stereocenters. The number of halogens is 2. The summed E-state index contributed by atoms with van der Waals surface area (Å²) in [6.45, 7) is 8.04. The number of carbonyl (C=O) groups excluding carboxylic acids is 1. The standard InChI is InChI=1S/C33H32Cl2O3/c1-32(2,23-15-19-25(34)20-16-23)30(37-27-11-7-5-8-12-27)29(36)31(38-28-13-9-6-10-14-28)33(3,4)24-17-21-26(35)22-18-24/h5-22,30-31H,1-4H3. The van der Waals surface area contributed by atoms with E-state index in [9.17, 15) is 4.79 Å². The Bertz CT molecular complexity index is 1230. The number of ether oxygens (including phenoxy) is 2. The summed E-state index contributed by atoms with van der Waals surface area (Å²) in [5, 5.41) is 1.26. The molecule has 0 saturated heterocycles. The van der Waals surface area contributed by atoms with Crippen LogP contribution in [0, 0.1) is 0 Å². The van der Waals surface area contributed by atoms with Crippen LogP contribution in [-0.4, -0.2) is 18.0 Å². The summed E-state index contributed by atoms with van der Waals surface area (Å²) >= 11 is 12.4. The summed E-state index contributed by atoms with van der Waals surface area (Å²) in [5.74, 6) is 1.05. The lowest BCUT2D eigenvalue weighted by Gasteiger charge is -2.40. The molecule has 0 radical (unpaired) electrons. The Kier molecular flexibility index (Phi) is 8.50. The zero-order chi connectivity index (χ0) is 27.3. The number of Topliss-reactive ketones (excluding diaryl/α,β-unsaturated/α-hetero) is 1. The van der Waals surface area contributed by atoms with Gasteiger partial charge >= 0.3 is 0 Å². The van der Waals surface area contributed by atoms with Gasteiger partial charge in [-0.15, -0.1) is 0 Å². The van der Waals surface area contributed by atoms with Gasteiger partial charge in [0, 0.05) is 20.9 Å². The Balaban J connectivity index is 1.82. The second-order valence-corrected chi connectivity index (χ2v) is 11.4. The lowest BCUT2D eigenvalue weighted by Crippen LogP contribution is -2.55. The summed E-state index contributed by atoms with van der Waals surface area (Å²) in [7, 11) is 0. The first kappa shape index (κ1) is 27.8. The molecule has 0 aromatic heterocycles. The lowest BCUT2D eigenvalue weighted by atomic mass is 9.71. The number of carbonyl (C=O) groups is 1. The number of para-hydroxylation sites is 2.